The molecule has 0 atom stereocenters. The molecule has 0 saturated heterocycles. The summed E-state index contributed by atoms with van der Waals surface area (Å²) in [5.74, 6) is -0.498. The number of carbonyl (C=O) groups excluding carboxylic acids is 1. The standard InChI is InChI=1S/C12H11IN4O3/c1-19-11-15-10(16-12(17-11)20-2)9(18)6-4-3-5-7(13)8(6)14/h3-5H,14H2,1-2H3. The van der Waals surface area contributed by atoms with Gasteiger partial charge in [0.05, 0.1) is 19.9 Å². The number of benzene rings is 1. The van der Waals surface area contributed by atoms with Gasteiger partial charge in [-0.3, -0.25) is 4.79 Å². The maximum Gasteiger partial charge on any atom is 0.323 e. The minimum absolute atomic E-state index is 0.00407. The Morgan fingerprint density at radius 1 is 1.15 bits per heavy atom. The highest BCUT2D eigenvalue weighted by molar-refractivity contribution is 14.1. The highest BCUT2D eigenvalue weighted by atomic mass is 127. The molecule has 0 radical (unpaired) electrons. The number of anilines is 1. The van der Waals surface area contributed by atoms with E-state index in [0.717, 1.165) is 3.57 Å². The average Bonchev–Trinajstić information content (AvgIpc) is 2.48. The number of aromatic nitrogens is 3. The van der Waals surface area contributed by atoms with E-state index in [1.54, 1.807) is 18.2 Å². The second-order valence-corrected chi connectivity index (χ2v) is 4.82. The fraction of sp³-hybridized carbons (Fsp3) is 0.167. The molecule has 0 aliphatic carbocycles. The molecule has 0 bridgehead atoms. The van der Waals surface area contributed by atoms with Crippen LogP contribution in [0.25, 0.3) is 0 Å². The maximum atomic E-state index is 12.4. The second kappa shape index (κ2) is 5.99. The quantitative estimate of drug-likeness (QED) is 0.480. The van der Waals surface area contributed by atoms with E-state index in [1.165, 1.54) is 14.2 Å². The molecule has 2 rings (SSSR count). The summed E-state index contributed by atoms with van der Waals surface area (Å²) >= 11 is 2.05. The number of hydrogen-bond acceptors (Lipinski definition) is 7. The van der Waals surface area contributed by atoms with Gasteiger partial charge in [0.25, 0.3) is 0 Å². The lowest BCUT2D eigenvalue weighted by atomic mass is 10.1. The number of nitrogens with two attached hydrogens (primary N) is 1. The summed E-state index contributed by atoms with van der Waals surface area (Å²) in [7, 11) is 2.78. The van der Waals surface area contributed by atoms with Gasteiger partial charge in [0, 0.05) is 9.13 Å². The van der Waals surface area contributed by atoms with Crippen LogP contribution in [0.4, 0.5) is 5.69 Å². The van der Waals surface area contributed by atoms with Gasteiger partial charge in [-0.05, 0) is 34.7 Å². The number of nitrogens with zero attached hydrogens (tertiary/aromatic N) is 3. The van der Waals surface area contributed by atoms with E-state index < -0.39 is 5.78 Å². The van der Waals surface area contributed by atoms with Gasteiger partial charge < -0.3 is 15.2 Å². The number of para-hydroxylation sites is 1. The molecule has 20 heavy (non-hydrogen) atoms. The lowest BCUT2D eigenvalue weighted by Crippen LogP contribution is -2.13. The molecule has 1 aromatic carbocycles. The van der Waals surface area contributed by atoms with Crippen molar-refractivity contribution in [2.75, 3.05) is 20.0 Å². The van der Waals surface area contributed by atoms with E-state index in [1.807, 2.05) is 0 Å². The molecule has 1 heterocycles. The number of rotatable bonds is 4. The zero-order valence-electron chi connectivity index (χ0n) is 10.8. The van der Waals surface area contributed by atoms with E-state index in [0.29, 0.717) is 11.3 Å². The third-order valence-electron chi connectivity index (χ3n) is 2.46. The number of halogens is 1. The summed E-state index contributed by atoms with van der Waals surface area (Å²) in [5, 5.41) is 0. The number of carbonyl (C=O) groups is 1. The number of methoxy groups -OCH3 is 2. The summed E-state index contributed by atoms with van der Waals surface area (Å²) in [6.07, 6.45) is 0. The predicted octanol–water partition coefficient (Wildman–Crippen LogP) is 1.31. The van der Waals surface area contributed by atoms with Gasteiger partial charge in [0.1, 0.15) is 0 Å². The Morgan fingerprint density at radius 3 is 2.30 bits per heavy atom. The van der Waals surface area contributed by atoms with Crippen molar-refractivity contribution >= 4 is 34.1 Å². The number of hydrogen-bond donors (Lipinski definition) is 1. The summed E-state index contributed by atoms with van der Waals surface area (Å²) < 4.78 is 10.6. The van der Waals surface area contributed by atoms with Crippen molar-refractivity contribution < 1.29 is 14.3 Å². The topological polar surface area (TPSA) is 100 Å². The van der Waals surface area contributed by atoms with Gasteiger partial charge in [-0.25, -0.2) is 0 Å². The van der Waals surface area contributed by atoms with Crippen LogP contribution < -0.4 is 15.2 Å². The Hall–Kier alpha value is -1.97. The van der Waals surface area contributed by atoms with Crippen molar-refractivity contribution in [2.24, 2.45) is 0 Å². The van der Waals surface area contributed by atoms with Gasteiger partial charge in [-0.15, -0.1) is 4.98 Å². The van der Waals surface area contributed by atoms with E-state index >= 15 is 0 Å². The minimum Gasteiger partial charge on any atom is -0.467 e. The number of ether oxygens (including phenoxy) is 2. The zero-order chi connectivity index (χ0) is 14.7. The first-order valence-electron chi connectivity index (χ1n) is 5.49. The van der Waals surface area contributed by atoms with Gasteiger partial charge in [0.15, 0.2) is 0 Å². The Labute approximate surface area is 128 Å². The van der Waals surface area contributed by atoms with Crippen molar-refractivity contribution in [1.29, 1.82) is 0 Å². The summed E-state index contributed by atoms with van der Waals surface area (Å²) in [5.41, 5.74) is 6.61. The Balaban J connectivity index is 2.50. The van der Waals surface area contributed by atoms with E-state index in [4.69, 9.17) is 15.2 Å². The van der Waals surface area contributed by atoms with Crippen LogP contribution in [-0.2, 0) is 0 Å². The molecule has 0 aliphatic heterocycles. The van der Waals surface area contributed by atoms with E-state index in [9.17, 15) is 4.79 Å². The van der Waals surface area contributed by atoms with Gasteiger partial charge >= 0.3 is 12.0 Å². The zero-order valence-corrected chi connectivity index (χ0v) is 12.9. The Bertz CT molecular complexity index is 641. The molecule has 0 fully saturated rings. The fourth-order valence-electron chi connectivity index (χ4n) is 1.48. The molecule has 7 nitrogen and oxygen atoms in total. The monoisotopic (exact) mass is 386 g/mol. The highest BCUT2D eigenvalue weighted by Crippen LogP contribution is 2.22. The van der Waals surface area contributed by atoms with Crippen molar-refractivity contribution in [1.82, 2.24) is 15.0 Å². The molecule has 0 saturated carbocycles. The summed E-state index contributed by atoms with van der Waals surface area (Å²) in [4.78, 5) is 24.1. The van der Waals surface area contributed by atoms with Crippen molar-refractivity contribution in [3.8, 4) is 12.0 Å². The first-order chi connectivity index (χ1) is 9.56. The van der Waals surface area contributed by atoms with Crippen molar-refractivity contribution in [2.45, 2.75) is 0 Å². The smallest absolute Gasteiger partial charge is 0.323 e. The van der Waals surface area contributed by atoms with E-state index in [-0.39, 0.29) is 17.8 Å². The average molecular weight is 386 g/mol. The summed E-state index contributed by atoms with van der Waals surface area (Å²) in [6.45, 7) is 0. The van der Waals surface area contributed by atoms with Crippen LogP contribution in [0.2, 0.25) is 0 Å². The summed E-state index contributed by atoms with van der Waals surface area (Å²) in [6, 6.07) is 5.17. The first-order valence-corrected chi connectivity index (χ1v) is 6.57. The molecule has 0 amide bonds. The first kappa shape index (κ1) is 14.4. The molecule has 8 heteroatoms. The second-order valence-electron chi connectivity index (χ2n) is 3.66. The molecule has 0 spiro atoms. The molecular formula is C12H11IN4O3. The molecule has 104 valence electrons. The van der Waals surface area contributed by atoms with E-state index in [2.05, 4.69) is 37.5 Å². The fourth-order valence-corrected chi connectivity index (χ4v) is 1.98. The molecule has 2 N–H and O–H groups in total. The predicted molar refractivity (Wildman–Crippen MR) is 79.9 cm³/mol. The molecular weight excluding hydrogens is 375 g/mol. The minimum atomic E-state index is -0.417. The largest absolute Gasteiger partial charge is 0.467 e. The van der Waals surface area contributed by atoms with Crippen LogP contribution in [0.1, 0.15) is 16.2 Å². The van der Waals surface area contributed by atoms with Gasteiger partial charge in [-0.2, -0.15) is 9.97 Å². The highest BCUT2D eigenvalue weighted by Gasteiger charge is 2.19. The Kier molecular flexibility index (Phi) is 4.32. The number of ketones is 1. The van der Waals surface area contributed by atoms with Gasteiger partial charge in [0.2, 0.25) is 11.6 Å². The Morgan fingerprint density at radius 2 is 1.75 bits per heavy atom. The van der Waals surface area contributed by atoms with Crippen molar-refractivity contribution in [3.63, 3.8) is 0 Å². The molecule has 0 unspecified atom stereocenters. The third kappa shape index (κ3) is 2.79. The SMILES string of the molecule is COc1nc(OC)nc(C(=O)c2cccc(I)c2N)n1. The van der Waals surface area contributed by atoms with Crippen molar-refractivity contribution in [3.05, 3.63) is 33.2 Å². The van der Waals surface area contributed by atoms with Crippen LogP contribution >= 0.6 is 22.6 Å². The molecule has 1 aromatic heterocycles. The van der Waals surface area contributed by atoms with Gasteiger partial charge in [-0.1, -0.05) is 6.07 Å². The lowest BCUT2D eigenvalue weighted by molar-refractivity contribution is 0.102. The lowest BCUT2D eigenvalue weighted by Gasteiger charge is -2.07. The molecule has 0 aliphatic rings. The number of nitrogen functional groups attached to an aromatic ring is 1. The van der Waals surface area contributed by atoms with Crippen LogP contribution in [0, 0.1) is 3.57 Å². The third-order valence-corrected chi connectivity index (χ3v) is 3.40. The van der Waals surface area contributed by atoms with Crippen LogP contribution in [0.15, 0.2) is 18.2 Å². The normalized spacial score (nSPS) is 10.2. The van der Waals surface area contributed by atoms with Crippen LogP contribution in [0.3, 0.4) is 0 Å². The van der Waals surface area contributed by atoms with Crippen LogP contribution in [-0.4, -0.2) is 35.0 Å². The molecule has 2 aromatic rings. The maximum absolute atomic E-state index is 12.4. The van der Waals surface area contributed by atoms with Crippen LogP contribution in [0.5, 0.6) is 12.0 Å².